The topological polar surface area (TPSA) is 138 Å². The van der Waals surface area contributed by atoms with Crippen molar-refractivity contribution < 1.29 is 19.1 Å². The Morgan fingerprint density at radius 3 is 2.11 bits per heavy atom. The van der Waals surface area contributed by atoms with E-state index in [1.165, 1.54) is 19.1 Å². The van der Waals surface area contributed by atoms with Crippen molar-refractivity contribution in [3.8, 4) is 11.1 Å². The second kappa shape index (κ2) is 15.7. The van der Waals surface area contributed by atoms with Gasteiger partial charge in [-0.2, -0.15) is 0 Å². The summed E-state index contributed by atoms with van der Waals surface area (Å²) in [5.41, 5.74) is 9.79. The third-order valence-corrected chi connectivity index (χ3v) is 12.3. The maximum Gasteiger partial charge on any atom is 0.407 e. The van der Waals surface area contributed by atoms with Crippen molar-refractivity contribution in [1.29, 1.82) is 0 Å². The number of nitrogens with zero attached hydrogens (tertiary/aromatic N) is 5. The molecule has 3 aliphatic heterocycles. The van der Waals surface area contributed by atoms with Gasteiger partial charge in [0.2, 0.25) is 11.8 Å². The van der Waals surface area contributed by atoms with Gasteiger partial charge in [0.15, 0.2) is 0 Å². The van der Waals surface area contributed by atoms with E-state index in [0.717, 1.165) is 77.0 Å². The molecule has 11 nitrogen and oxygen atoms in total. The molecule has 55 heavy (non-hydrogen) atoms. The van der Waals surface area contributed by atoms with Crippen LogP contribution in [0.4, 0.5) is 4.79 Å². The molecule has 2 saturated carbocycles. The molecule has 11 heteroatoms. The van der Waals surface area contributed by atoms with E-state index in [4.69, 9.17) is 14.7 Å². The van der Waals surface area contributed by atoms with Crippen LogP contribution < -0.4 is 10.6 Å². The van der Waals surface area contributed by atoms with Crippen LogP contribution in [0.5, 0.6) is 0 Å². The van der Waals surface area contributed by atoms with Gasteiger partial charge in [-0.3, -0.25) is 29.5 Å². The molecule has 2 aliphatic carbocycles. The van der Waals surface area contributed by atoms with Gasteiger partial charge in [-0.1, -0.05) is 62.4 Å². The molecule has 2 aromatic carbocycles. The van der Waals surface area contributed by atoms with Crippen LogP contribution in [0.1, 0.15) is 75.6 Å². The average Bonchev–Trinajstić information content (AvgIpc) is 4.07. The molecular formula is C44H49N7O4. The highest BCUT2D eigenvalue weighted by atomic mass is 16.5. The highest BCUT2D eigenvalue weighted by molar-refractivity contribution is 6.04. The van der Waals surface area contributed by atoms with Crippen molar-refractivity contribution >= 4 is 40.5 Å². The van der Waals surface area contributed by atoms with Gasteiger partial charge in [0.25, 0.3) is 0 Å². The quantitative estimate of drug-likeness (QED) is 0.220. The SMILES string of the molecule is COC(=O)N[C@H](C(=O)N1CCC[C@H]1C1=NC=C(c2ccc(-c3ccc(C4=CN=C(C5[C@H]6CC[C@H](C6)[C@H]5C(=O)NCc5cnccn5)C4)cc3)cc2)C1)C(C)C. The van der Waals surface area contributed by atoms with Crippen LogP contribution in [-0.4, -0.2) is 69.9 Å². The number of carbonyl (C=O) groups is 3. The highest BCUT2D eigenvalue weighted by Crippen LogP contribution is 2.54. The number of amides is 3. The van der Waals surface area contributed by atoms with E-state index in [2.05, 4.69) is 69.1 Å². The van der Waals surface area contributed by atoms with Gasteiger partial charge in [-0.05, 0) is 83.3 Å². The number of fused-ring (bicyclic) bond motifs is 2. The smallest absolute Gasteiger partial charge is 0.407 e. The first-order chi connectivity index (χ1) is 26.8. The zero-order valence-corrected chi connectivity index (χ0v) is 31.8. The first-order valence-electron chi connectivity index (χ1n) is 19.7. The molecule has 284 valence electrons. The van der Waals surface area contributed by atoms with Crippen molar-refractivity contribution in [1.82, 2.24) is 25.5 Å². The lowest BCUT2D eigenvalue weighted by Crippen LogP contribution is -2.53. The van der Waals surface area contributed by atoms with Gasteiger partial charge >= 0.3 is 6.09 Å². The molecule has 2 bridgehead atoms. The summed E-state index contributed by atoms with van der Waals surface area (Å²) in [5, 5.41) is 5.87. The Labute approximate surface area is 322 Å². The summed E-state index contributed by atoms with van der Waals surface area (Å²) >= 11 is 0. The van der Waals surface area contributed by atoms with Crippen molar-refractivity contribution in [2.24, 2.45) is 39.6 Å². The summed E-state index contributed by atoms with van der Waals surface area (Å²) in [7, 11) is 1.31. The van der Waals surface area contributed by atoms with Gasteiger partial charge in [0, 0.05) is 67.4 Å². The second-order valence-corrected chi connectivity index (χ2v) is 15.9. The van der Waals surface area contributed by atoms with Crippen LogP contribution >= 0.6 is 0 Å². The first-order valence-corrected chi connectivity index (χ1v) is 19.7. The minimum Gasteiger partial charge on any atom is -0.453 e. The fourth-order valence-corrected chi connectivity index (χ4v) is 9.53. The third-order valence-electron chi connectivity index (χ3n) is 12.3. The Kier molecular flexibility index (Phi) is 10.4. The lowest BCUT2D eigenvalue weighted by Gasteiger charge is -2.31. The molecule has 8 rings (SSSR count). The number of hydrogen-bond donors (Lipinski definition) is 2. The molecule has 3 amide bonds. The Morgan fingerprint density at radius 1 is 0.836 bits per heavy atom. The van der Waals surface area contributed by atoms with Crippen molar-refractivity contribution in [2.45, 2.75) is 77.4 Å². The number of aromatic nitrogens is 2. The van der Waals surface area contributed by atoms with Crippen LogP contribution in [0.15, 0.2) is 89.5 Å². The lowest BCUT2D eigenvalue weighted by atomic mass is 9.75. The van der Waals surface area contributed by atoms with E-state index in [-0.39, 0.29) is 35.6 Å². The van der Waals surface area contributed by atoms with E-state index in [9.17, 15) is 14.4 Å². The molecule has 1 aromatic heterocycles. The van der Waals surface area contributed by atoms with E-state index < -0.39 is 12.1 Å². The van der Waals surface area contributed by atoms with Crippen LogP contribution in [0, 0.1) is 29.6 Å². The van der Waals surface area contributed by atoms with Gasteiger partial charge < -0.3 is 20.3 Å². The summed E-state index contributed by atoms with van der Waals surface area (Å²) in [6.07, 6.45) is 15.0. The number of aliphatic imine (C=N–C) groups is 2. The number of carbonyl (C=O) groups excluding carboxylic acids is 3. The summed E-state index contributed by atoms with van der Waals surface area (Å²) in [6, 6.07) is 16.6. The maximum atomic E-state index is 13.6. The van der Waals surface area contributed by atoms with Crippen LogP contribution in [-0.2, 0) is 20.9 Å². The number of ether oxygens (including phenoxy) is 1. The summed E-state index contributed by atoms with van der Waals surface area (Å²) < 4.78 is 4.78. The molecule has 2 N–H and O–H groups in total. The van der Waals surface area contributed by atoms with E-state index in [1.807, 2.05) is 31.1 Å². The number of likely N-dealkylation sites (tertiary alicyclic amines) is 1. The van der Waals surface area contributed by atoms with E-state index >= 15 is 0 Å². The molecule has 5 aliphatic rings. The summed E-state index contributed by atoms with van der Waals surface area (Å²) in [4.78, 5) is 59.1. The number of nitrogens with one attached hydrogen (secondary N) is 2. The van der Waals surface area contributed by atoms with Gasteiger partial charge in [-0.25, -0.2) is 4.79 Å². The monoisotopic (exact) mass is 739 g/mol. The molecule has 0 radical (unpaired) electrons. The first kappa shape index (κ1) is 36.5. The van der Waals surface area contributed by atoms with Crippen molar-refractivity contribution in [3.05, 3.63) is 96.3 Å². The normalized spacial score (nSPS) is 24.7. The van der Waals surface area contributed by atoms with Gasteiger partial charge in [0.05, 0.1) is 31.6 Å². The zero-order valence-electron chi connectivity index (χ0n) is 31.8. The predicted octanol–water partition coefficient (Wildman–Crippen LogP) is 6.87. The Morgan fingerprint density at radius 2 is 1.47 bits per heavy atom. The molecule has 6 atom stereocenters. The third kappa shape index (κ3) is 7.49. The Bertz CT molecular complexity index is 2060. The number of rotatable bonds is 11. The Hall–Kier alpha value is -5.45. The predicted molar refractivity (Wildman–Crippen MR) is 213 cm³/mol. The van der Waals surface area contributed by atoms with Crippen molar-refractivity contribution in [3.63, 3.8) is 0 Å². The average molecular weight is 740 g/mol. The molecule has 0 spiro atoms. The zero-order chi connectivity index (χ0) is 38.1. The van der Waals surface area contributed by atoms with Gasteiger partial charge in [0.1, 0.15) is 6.04 Å². The minimum absolute atomic E-state index is 0.0358. The van der Waals surface area contributed by atoms with Crippen molar-refractivity contribution in [2.75, 3.05) is 13.7 Å². The van der Waals surface area contributed by atoms with E-state index in [1.54, 1.807) is 18.6 Å². The molecular weight excluding hydrogens is 691 g/mol. The molecule has 1 unspecified atom stereocenters. The van der Waals surface area contributed by atoms with Gasteiger partial charge in [-0.15, -0.1) is 0 Å². The minimum atomic E-state index is -0.647. The van der Waals surface area contributed by atoms with Crippen LogP contribution in [0.25, 0.3) is 22.3 Å². The van der Waals surface area contributed by atoms with E-state index in [0.29, 0.717) is 31.3 Å². The Balaban J connectivity index is 0.863. The number of hydrogen-bond acceptors (Lipinski definition) is 8. The maximum absolute atomic E-state index is 13.6. The number of alkyl carbamates (subject to hydrolysis) is 1. The largest absolute Gasteiger partial charge is 0.453 e. The molecule has 3 aromatic rings. The van der Waals surface area contributed by atoms with Crippen LogP contribution in [0.3, 0.4) is 0 Å². The molecule has 1 saturated heterocycles. The molecule has 3 fully saturated rings. The number of allylic oxidation sites excluding steroid dienone is 2. The number of benzene rings is 2. The molecule has 4 heterocycles. The standard InChI is InChI=1S/C44H49N7O4/c1-26(2)41(50-44(54)55-3)43(53)51-18-4-5-38(51)36-20-33(22-47-36)29-10-6-27(7-11-29)28-8-12-30(13-9-28)34-21-37(48-23-34)39-31-14-15-32(19-31)40(39)42(52)49-25-35-24-45-16-17-46-35/h6-13,16-17,22-24,26,31-32,38-41H,4-5,14-15,18-21,25H2,1-3H3,(H,49,52)(H,50,54)/t31-,32+,38-,39?,40+,41-/m0/s1. The highest BCUT2D eigenvalue weighted by Gasteiger charge is 2.52. The van der Waals surface area contributed by atoms with Crippen LogP contribution in [0.2, 0.25) is 0 Å². The second-order valence-electron chi connectivity index (χ2n) is 15.9. The fraction of sp³-hybridized carbons (Fsp3) is 0.432. The fourth-order valence-electron chi connectivity index (χ4n) is 9.53. The summed E-state index contributed by atoms with van der Waals surface area (Å²) in [6.45, 7) is 4.90. The number of methoxy groups -OCH3 is 1. The lowest BCUT2D eigenvalue weighted by molar-refractivity contribution is -0.134. The summed E-state index contributed by atoms with van der Waals surface area (Å²) in [5.74, 6) is 1.05.